The summed E-state index contributed by atoms with van der Waals surface area (Å²) < 4.78 is 22.7. The topological polar surface area (TPSA) is 89.3 Å². The smallest absolute Gasteiger partial charge is 0.238 e. The zero-order valence-electron chi connectivity index (χ0n) is 11.3. The van der Waals surface area contributed by atoms with Gasteiger partial charge in [-0.15, -0.1) is 0 Å². The molecule has 0 saturated heterocycles. The largest absolute Gasteiger partial charge is 0.326 e. The first-order chi connectivity index (χ1) is 9.38. The van der Waals surface area contributed by atoms with Gasteiger partial charge in [-0.1, -0.05) is 12.5 Å². The summed E-state index contributed by atoms with van der Waals surface area (Å²) in [4.78, 5) is 12.2. The molecule has 108 valence electrons. The van der Waals surface area contributed by atoms with Gasteiger partial charge in [-0.3, -0.25) is 4.79 Å². The molecule has 2 unspecified atom stereocenters. The van der Waals surface area contributed by atoms with E-state index in [1.54, 1.807) is 6.07 Å². The number of nitrogens with one attached hydrogen (secondary N) is 1. The van der Waals surface area contributed by atoms with Crippen LogP contribution in [0, 0.1) is 24.7 Å². The number of sulfonamides is 1. The fourth-order valence-electron chi connectivity index (χ4n) is 3.34. The summed E-state index contributed by atoms with van der Waals surface area (Å²) in [7, 11) is -3.75. The van der Waals surface area contributed by atoms with E-state index in [4.69, 9.17) is 5.14 Å². The summed E-state index contributed by atoms with van der Waals surface area (Å²) in [5, 5.41) is 7.97. The molecular weight excluding hydrogens is 276 g/mol. The van der Waals surface area contributed by atoms with Crippen molar-refractivity contribution in [3.05, 3.63) is 23.8 Å². The molecule has 2 fully saturated rings. The Morgan fingerprint density at radius 3 is 2.55 bits per heavy atom. The SMILES string of the molecule is Cc1ccc(S(N)(=O)=O)cc1NC(=O)C1C2CCCC21. The molecule has 3 N–H and O–H groups in total. The Morgan fingerprint density at radius 2 is 1.95 bits per heavy atom. The zero-order chi connectivity index (χ0) is 14.5. The van der Waals surface area contributed by atoms with Crippen LogP contribution in [0.15, 0.2) is 23.1 Å². The average molecular weight is 294 g/mol. The molecule has 0 aromatic heterocycles. The second kappa shape index (κ2) is 4.56. The molecule has 1 aromatic rings. The lowest BCUT2D eigenvalue weighted by Crippen LogP contribution is -2.18. The molecule has 0 spiro atoms. The van der Waals surface area contributed by atoms with E-state index in [-0.39, 0.29) is 16.7 Å². The van der Waals surface area contributed by atoms with Crippen LogP contribution in [0.4, 0.5) is 5.69 Å². The van der Waals surface area contributed by atoms with Gasteiger partial charge in [0, 0.05) is 11.6 Å². The molecule has 0 heterocycles. The molecule has 0 radical (unpaired) electrons. The third kappa shape index (κ3) is 2.33. The van der Waals surface area contributed by atoms with Gasteiger partial charge >= 0.3 is 0 Å². The molecule has 3 rings (SSSR count). The quantitative estimate of drug-likeness (QED) is 0.887. The van der Waals surface area contributed by atoms with E-state index in [0.29, 0.717) is 17.5 Å². The molecule has 2 saturated carbocycles. The van der Waals surface area contributed by atoms with E-state index in [0.717, 1.165) is 18.4 Å². The minimum Gasteiger partial charge on any atom is -0.326 e. The first kappa shape index (κ1) is 13.6. The standard InChI is InChI=1S/C14H18N2O3S/c1-8-5-6-9(20(15,18)19)7-12(8)16-14(17)13-10-3-2-4-11(10)13/h5-7,10-11,13H,2-4H2,1H3,(H,16,17)(H2,15,18,19). The molecule has 0 aliphatic heterocycles. The fraction of sp³-hybridized carbons (Fsp3) is 0.500. The van der Waals surface area contributed by atoms with E-state index in [1.165, 1.54) is 18.6 Å². The normalized spacial score (nSPS) is 28.0. The highest BCUT2D eigenvalue weighted by molar-refractivity contribution is 7.89. The van der Waals surface area contributed by atoms with Gasteiger partial charge in [0.25, 0.3) is 0 Å². The fourth-order valence-corrected chi connectivity index (χ4v) is 3.88. The number of aryl methyl sites for hydroxylation is 1. The number of anilines is 1. The summed E-state index contributed by atoms with van der Waals surface area (Å²) in [6.07, 6.45) is 3.50. The number of rotatable bonds is 3. The molecule has 1 aromatic carbocycles. The van der Waals surface area contributed by atoms with Crippen LogP contribution in [-0.4, -0.2) is 14.3 Å². The van der Waals surface area contributed by atoms with Crippen molar-refractivity contribution in [2.45, 2.75) is 31.1 Å². The number of fused-ring (bicyclic) bond motifs is 1. The second-order valence-corrected chi connectivity index (χ2v) is 7.36. The number of hydrogen-bond donors (Lipinski definition) is 2. The molecule has 6 heteroatoms. The minimum absolute atomic E-state index is 0.00868. The maximum Gasteiger partial charge on any atom is 0.238 e. The highest BCUT2D eigenvalue weighted by Gasteiger charge is 2.56. The van der Waals surface area contributed by atoms with Crippen molar-refractivity contribution in [3.63, 3.8) is 0 Å². The lowest BCUT2D eigenvalue weighted by atomic mass is 10.1. The van der Waals surface area contributed by atoms with Crippen LogP contribution in [0.25, 0.3) is 0 Å². The number of carbonyl (C=O) groups is 1. The average Bonchev–Trinajstić information content (AvgIpc) is 2.85. The van der Waals surface area contributed by atoms with Gasteiger partial charge in [-0.05, 0) is 49.3 Å². The Bertz CT molecular complexity index is 659. The van der Waals surface area contributed by atoms with Crippen LogP contribution < -0.4 is 10.5 Å². The van der Waals surface area contributed by atoms with Crippen molar-refractivity contribution in [1.29, 1.82) is 0 Å². The molecule has 0 bridgehead atoms. The number of primary sulfonamides is 1. The van der Waals surface area contributed by atoms with Crippen molar-refractivity contribution >= 4 is 21.6 Å². The highest BCUT2D eigenvalue weighted by Crippen LogP contribution is 2.57. The second-order valence-electron chi connectivity index (χ2n) is 5.80. The van der Waals surface area contributed by atoms with E-state index in [2.05, 4.69) is 5.32 Å². The summed E-state index contributed by atoms with van der Waals surface area (Å²) in [5.74, 6) is 1.20. The Hall–Kier alpha value is -1.40. The maximum absolute atomic E-state index is 12.2. The Kier molecular flexibility index (Phi) is 3.10. The molecule has 2 aliphatic carbocycles. The predicted molar refractivity (Wildman–Crippen MR) is 75.5 cm³/mol. The number of benzene rings is 1. The summed E-state index contributed by atoms with van der Waals surface area (Å²) >= 11 is 0. The van der Waals surface area contributed by atoms with Crippen molar-refractivity contribution in [1.82, 2.24) is 0 Å². The number of amides is 1. The maximum atomic E-state index is 12.2. The monoisotopic (exact) mass is 294 g/mol. The summed E-state index contributed by atoms with van der Waals surface area (Å²) in [5.41, 5.74) is 1.36. The number of carbonyl (C=O) groups excluding carboxylic acids is 1. The van der Waals surface area contributed by atoms with Gasteiger partial charge in [0.15, 0.2) is 0 Å². The lowest BCUT2D eigenvalue weighted by molar-refractivity contribution is -0.118. The summed E-state index contributed by atoms with van der Waals surface area (Å²) in [6, 6.07) is 4.54. The molecule has 5 nitrogen and oxygen atoms in total. The zero-order valence-corrected chi connectivity index (χ0v) is 12.1. The van der Waals surface area contributed by atoms with Crippen LogP contribution in [0.3, 0.4) is 0 Å². The van der Waals surface area contributed by atoms with Gasteiger partial charge in [0.2, 0.25) is 15.9 Å². The van der Waals surface area contributed by atoms with Crippen LogP contribution in [0.1, 0.15) is 24.8 Å². The Balaban J connectivity index is 1.79. The van der Waals surface area contributed by atoms with Crippen LogP contribution in [0.2, 0.25) is 0 Å². The van der Waals surface area contributed by atoms with Crippen molar-refractivity contribution in [2.24, 2.45) is 22.9 Å². The van der Waals surface area contributed by atoms with Crippen molar-refractivity contribution in [3.8, 4) is 0 Å². The minimum atomic E-state index is -3.75. The van der Waals surface area contributed by atoms with E-state index in [9.17, 15) is 13.2 Å². The third-order valence-electron chi connectivity index (χ3n) is 4.50. The Morgan fingerprint density at radius 1 is 1.30 bits per heavy atom. The molecular formula is C14H18N2O3S. The molecule has 20 heavy (non-hydrogen) atoms. The van der Waals surface area contributed by atoms with Gasteiger partial charge in [-0.2, -0.15) is 0 Å². The van der Waals surface area contributed by atoms with Crippen molar-refractivity contribution in [2.75, 3.05) is 5.32 Å². The van der Waals surface area contributed by atoms with Crippen LogP contribution >= 0.6 is 0 Å². The first-order valence-electron chi connectivity index (χ1n) is 6.82. The molecule has 1 amide bonds. The number of nitrogens with two attached hydrogens (primary N) is 1. The molecule has 2 aliphatic rings. The molecule has 2 atom stereocenters. The van der Waals surface area contributed by atoms with Gasteiger partial charge in [0.1, 0.15) is 0 Å². The highest BCUT2D eigenvalue weighted by atomic mass is 32.2. The van der Waals surface area contributed by atoms with Crippen LogP contribution in [0.5, 0.6) is 0 Å². The predicted octanol–water partition coefficient (Wildman–Crippen LogP) is 1.63. The van der Waals surface area contributed by atoms with E-state index in [1.807, 2.05) is 6.92 Å². The first-order valence-corrected chi connectivity index (χ1v) is 8.37. The third-order valence-corrected chi connectivity index (χ3v) is 5.42. The van der Waals surface area contributed by atoms with Gasteiger partial charge in [-0.25, -0.2) is 13.6 Å². The van der Waals surface area contributed by atoms with Crippen molar-refractivity contribution < 1.29 is 13.2 Å². The lowest BCUT2D eigenvalue weighted by Gasteiger charge is -2.11. The summed E-state index contributed by atoms with van der Waals surface area (Å²) in [6.45, 7) is 1.83. The van der Waals surface area contributed by atoms with Gasteiger partial charge in [0.05, 0.1) is 4.90 Å². The van der Waals surface area contributed by atoms with Gasteiger partial charge < -0.3 is 5.32 Å². The van der Waals surface area contributed by atoms with E-state index < -0.39 is 10.0 Å². The number of hydrogen-bond acceptors (Lipinski definition) is 3. The van der Waals surface area contributed by atoms with Crippen LogP contribution in [-0.2, 0) is 14.8 Å². The Labute approximate surface area is 118 Å². The van der Waals surface area contributed by atoms with E-state index >= 15 is 0 Å².